The van der Waals surface area contributed by atoms with Gasteiger partial charge < -0.3 is 10.1 Å². The highest BCUT2D eigenvalue weighted by molar-refractivity contribution is 6.68. The zero-order valence-electron chi connectivity index (χ0n) is 12.3. The topological polar surface area (TPSA) is 38.3 Å². The highest BCUT2D eigenvalue weighted by atomic mass is 35.6. The molecule has 2 rings (SSSR count). The normalized spacial score (nSPS) is 12.8. The predicted molar refractivity (Wildman–Crippen MR) is 99.8 cm³/mol. The Labute approximate surface area is 160 Å². The summed E-state index contributed by atoms with van der Waals surface area (Å²) in [5.74, 6) is -0.176. The average molecular weight is 405 g/mol. The smallest absolute Gasteiger partial charge is 0.246 e. The number of hydrogen-bond donors (Lipinski definition) is 1. The molecule has 0 spiro atoms. The van der Waals surface area contributed by atoms with Crippen molar-refractivity contribution >= 4 is 58.4 Å². The van der Waals surface area contributed by atoms with Crippen LogP contribution in [0.4, 0.5) is 0 Å². The van der Waals surface area contributed by atoms with E-state index in [1.165, 1.54) is 6.08 Å². The minimum Gasteiger partial charge on any atom is -0.464 e. The number of hydrogen-bond acceptors (Lipinski definition) is 2. The number of alkyl halides is 3. The molecule has 1 N–H and O–H groups in total. The van der Waals surface area contributed by atoms with Crippen LogP contribution in [0.5, 0.6) is 5.75 Å². The number of para-hydroxylation sites is 1. The molecule has 0 fully saturated rings. The van der Waals surface area contributed by atoms with Crippen LogP contribution >= 0.6 is 46.4 Å². The van der Waals surface area contributed by atoms with Gasteiger partial charge in [-0.1, -0.05) is 88.9 Å². The van der Waals surface area contributed by atoms with Crippen LogP contribution in [0, 0.1) is 0 Å². The molecule has 0 aliphatic rings. The SMILES string of the molecule is O=C(/C=C\c1ccccc1)N[C@H](Oc1ccccc1Cl)C(Cl)(Cl)Cl. The lowest BCUT2D eigenvalue weighted by Gasteiger charge is -2.26. The first-order chi connectivity index (χ1) is 11.4. The van der Waals surface area contributed by atoms with Gasteiger partial charge in [-0.05, 0) is 23.8 Å². The molecule has 0 aliphatic heterocycles. The standard InChI is InChI=1S/C17H13Cl4NO2/c18-13-8-4-5-9-14(13)24-16(17(19,20)21)22-15(23)11-10-12-6-2-1-3-7-12/h1-11,16H,(H,22,23)/b11-10-/t16-/m1/s1. The Kier molecular flexibility index (Phi) is 6.81. The third-order valence-electron chi connectivity index (χ3n) is 2.88. The molecule has 0 radical (unpaired) electrons. The van der Waals surface area contributed by atoms with Crippen LogP contribution in [0.25, 0.3) is 6.08 Å². The number of benzene rings is 2. The van der Waals surface area contributed by atoms with E-state index in [0.717, 1.165) is 5.56 Å². The van der Waals surface area contributed by atoms with Crippen LogP contribution in [0.1, 0.15) is 5.56 Å². The summed E-state index contributed by atoms with van der Waals surface area (Å²) in [7, 11) is 0. The Bertz CT molecular complexity index is 714. The minimum atomic E-state index is -1.88. The van der Waals surface area contributed by atoms with E-state index >= 15 is 0 Å². The maximum atomic E-state index is 12.1. The van der Waals surface area contributed by atoms with E-state index in [4.69, 9.17) is 51.1 Å². The van der Waals surface area contributed by atoms with Gasteiger partial charge in [-0.2, -0.15) is 0 Å². The van der Waals surface area contributed by atoms with Gasteiger partial charge in [0, 0.05) is 6.08 Å². The molecule has 1 atom stereocenters. The third kappa shape index (κ3) is 5.91. The molecule has 0 saturated heterocycles. The molecule has 24 heavy (non-hydrogen) atoms. The fraction of sp³-hybridized carbons (Fsp3) is 0.118. The van der Waals surface area contributed by atoms with Crippen molar-refractivity contribution in [2.75, 3.05) is 0 Å². The lowest BCUT2D eigenvalue weighted by molar-refractivity contribution is -0.118. The van der Waals surface area contributed by atoms with Crippen molar-refractivity contribution in [3.05, 3.63) is 71.3 Å². The second-order valence-corrected chi connectivity index (χ2v) is 7.50. The Morgan fingerprint density at radius 1 is 1.04 bits per heavy atom. The molecule has 0 heterocycles. The summed E-state index contributed by atoms with van der Waals surface area (Å²) < 4.78 is 3.66. The molecule has 0 bridgehead atoms. The number of rotatable bonds is 5. The Morgan fingerprint density at radius 2 is 1.67 bits per heavy atom. The molecule has 0 unspecified atom stereocenters. The Balaban J connectivity index is 2.08. The van der Waals surface area contributed by atoms with Gasteiger partial charge in [0.05, 0.1) is 5.02 Å². The fourth-order valence-corrected chi connectivity index (χ4v) is 2.24. The molecule has 0 aliphatic carbocycles. The quantitative estimate of drug-likeness (QED) is 0.420. The van der Waals surface area contributed by atoms with Crippen LogP contribution in [0.2, 0.25) is 5.02 Å². The van der Waals surface area contributed by atoms with Crippen LogP contribution in [0.3, 0.4) is 0 Å². The maximum absolute atomic E-state index is 12.1. The molecule has 0 saturated carbocycles. The van der Waals surface area contributed by atoms with Gasteiger partial charge in [-0.15, -0.1) is 0 Å². The van der Waals surface area contributed by atoms with Gasteiger partial charge in [-0.25, -0.2) is 0 Å². The molecule has 2 aromatic rings. The van der Waals surface area contributed by atoms with E-state index in [2.05, 4.69) is 5.32 Å². The average Bonchev–Trinajstić information content (AvgIpc) is 2.54. The Hall–Kier alpha value is -1.39. The summed E-state index contributed by atoms with van der Waals surface area (Å²) >= 11 is 23.7. The highest BCUT2D eigenvalue weighted by Gasteiger charge is 2.36. The Morgan fingerprint density at radius 3 is 2.29 bits per heavy atom. The van der Waals surface area contributed by atoms with Gasteiger partial charge in [-0.3, -0.25) is 4.79 Å². The van der Waals surface area contributed by atoms with E-state index in [1.807, 2.05) is 30.3 Å². The van der Waals surface area contributed by atoms with Gasteiger partial charge in [0.25, 0.3) is 0 Å². The second-order valence-electron chi connectivity index (χ2n) is 4.72. The van der Waals surface area contributed by atoms with E-state index in [-0.39, 0.29) is 0 Å². The van der Waals surface area contributed by atoms with Gasteiger partial charge >= 0.3 is 0 Å². The lowest BCUT2D eigenvalue weighted by Crippen LogP contribution is -2.47. The summed E-state index contributed by atoms with van der Waals surface area (Å²) in [6.07, 6.45) is 1.75. The largest absolute Gasteiger partial charge is 0.464 e. The lowest BCUT2D eigenvalue weighted by atomic mass is 10.2. The van der Waals surface area contributed by atoms with Crippen LogP contribution < -0.4 is 10.1 Å². The number of ether oxygens (including phenoxy) is 1. The van der Waals surface area contributed by atoms with E-state index < -0.39 is 15.9 Å². The summed E-state index contributed by atoms with van der Waals surface area (Å²) in [4.78, 5) is 12.1. The second kappa shape index (κ2) is 8.63. The highest BCUT2D eigenvalue weighted by Crippen LogP contribution is 2.34. The van der Waals surface area contributed by atoms with Crippen molar-refractivity contribution in [1.82, 2.24) is 5.32 Å². The van der Waals surface area contributed by atoms with Crippen LogP contribution in [-0.4, -0.2) is 15.9 Å². The zero-order valence-corrected chi connectivity index (χ0v) is 15.3. The first kappa shape index (κ1) is 18.9. The molecular formula is C17H13Cl4NO2. The number of carbonyl (C=O) groups excluding carboxylic acids is 1. The summed E-state index contributed by atoms with van der Waals surface area (Å²) in [6.45, 7) is 0. The molecule has 126 valence electrons. The number of halogens is 4. The number of carbonyl (C=O) groups is 1. The molecule has 0 aromatic heterocycles. The third-order valence-corrected chi connectivity index (χ3v) is 3.79. The maximum Gasteiger partial charge on any atom is 0.246 e. The van der Waals surface area contributed by atoms with Gasteiger partial charge in [0.2, 0.25) is 15.9 Å². The summed E-state index contributed by atoms with van der Waals surface area (Å²) in [5, 5.41) is 2.84. The number of nitrogens with one attached hydrogen (secondary N) is 1. The van der Waals surface area contributed by atoms with Gasteiger partial charge in [0.15, 0.2) is 0 Å². The van der Waals surface area contributed by atoms with Crippen LogP contribution in [0.15, 0.2) is 60.7 Å². The van der Waals surface area contributed by atoms with Crippen molar-refractivity contribution in [3.63, 3.8) is 0 Å². The molecule has 3 nitrogen and oxygen atoms in total. The van der Waals surface area contributed by atoms with E-state index in [1.54, 1.807) is 30.3 Å². The van der Waals surface area contributed by atoms with Crippen molar-refractivity contribution in [2.45, 2.75) is 10.0 Å². The first-order valence-corrected chi connectivity index (χ1v) is 8.39. The van der Waals surface area contributed by atoms with Gasteiger partial charge in [0.1, 0.15) is 5.75 Å². The molecular weight excluding hydrogens is 392 g/mol. The van der Waals surface area contributed by atoms with Crippen molar-refractivity contribution in [3.8, 4) is 5.75 Å². The van der Waals surface area contributed by atoms with E-state index in [0.29, 0.717) is 10.8 Å². The molecule has 1 amide bonds. The predicted octanol–water partition coefficient (Wildman–Crippen LogP) is 5.24. The summed E-state index contributed by atoms with van der Waals surface area (Å²) in [5.41, 5.74) is 0.866. The fourth-order valence-electron chi connectivity index (χ4n) is 1.76. The molecule has 2 aromatic carbocycles. The number of amides is 1. The first-order valence-electron chi connectivity index (χ1n) is 6.88. The van der Waals surface area contributed by atoms with Crippen molar-refractivity contribution in [2.24, 2.45) is 0 Å². The molecule has 7 heteroatoms. The minimum absolute atomic E-state index is 0.294. The van der Waals surface area contributed by atoms with Crippen molar-refractivity contribution in [1.29, 1.82) is 0 Å². The van der Waals surface area contributed by atoms with Crippen LogP contribution in [-0.2, 0) is 4.79 Å². The monoisotopic (exact) mass is 403 g/mol. The van der Waals surface area contributed by atoms with Crippen molar-refractivity contribution < 1.29 is 9.53 Å². The zero-order chi connectivity index (χ0) is 17.6. The van der Waals surface area contributed by atoms with E-state index in [9.17, 15) is 4.79 Å². The summed E-state index contributed by atoms with van der Waals surface area (Å²) in [6, 6.07) is 16.0.